The molecule has 1 atom stereocenters. The first kappa shape index (κ1) is 11.2. The van der Waals surface area contributed by atoms with Crippen molar-refractivity contribution in [2.75, 3.05) is 6.61 Å². The molecule has 0 saturated carbocycles. The zero-order valence-corrected chi connectivity index (χ0v) is 8.53. The van der Waals surface area contributed by atoms with Crippen LogP contribution in [0.2, 0.25) is 0 Å². The van der Waals surface area contributed by atoms with E-state index in [-0.39, 0.29) is 5.56 Å². The highest BCUT2D eigenvalue weighted by atomic mass is 35.5. The highest BCUT2D eigenvalue weighted by molar-refractivity contribution is 6.19. The van der Waals surface area contributed by atoms with Crippen molar-refractivity contribution in [3.63, 3.8) is 0 Å². The van der Waals surface area contributed by atoms with Gasteiger partial charge in [0, 0.05) is 6.61 Å². The van der Waals surface area contributed by atoms with Gasteiger partial charge in [-0.25, -0.2) is 0 Å². The number of alkyl halides is 1. The summed E-state index contributed by atoms with van der Waals surface area (Å²) >= 11 is 6.00. The van der Waals surface area contributed by atoms with Crippen molar-refractivity contribution in [3.8, 4) is 0 Å². The van der Waals surface area contributed by atoms with Crippen LogP contribution in [0.3, 0.4) is 0 Å². The van der Waals surface area contributed by atoms with E-state index in [9.17, 15) is 0 Å². The highest BCUT2D eigenvalue weighted by Gasteiger charge is 2.14. The van der Waals surface area contributed by atoms with E-state index in [0.717, 1.165) is 25.9 Å². The Morgan fingerprint density at radius 2 is 1.73 bits per heavy atom. The third-order valence-electron chi connectivity index (χ3n) is 1.90. The van der Waals surface area contributed by atoms with Crippen LogP contribution < -0.4 is 0 Å². The Morgan fingerprint density at radius 1 is 1.18 bits per heavy atom. The molecule has 1 unspecified atom stereocenters. The smallest absolute Gasteiger partial charge is 0.133 e. The summed E-state index contributed by atoms with van der Waals surface area (Å²) in [5.74, 6) is 0.517. The first-order chi connectivity index (χ1) is 5.26. The topological polar surface area (TPSA) is 9.23 Å². The normalized spacial score (nSPS) is 13.9. The molecule has 0 aromatic carbocycles. The number of hydrogen-bond donors (Lipinski definition) is 0. The van der Waals surface area contributed by atoms with E-state index in [4.69, 9.17) is 16.3 Å². The maximum absolute atomic E-state index is 6.00. The highest BCUT2D eigenvalue weighted by Crippen LogP contribution is 2.19. The molecule has 0 N–H and O–H groups in total. The van der Waals surface area contributed by atoms with Crippen molar-refractivity contribution >= 4 is 11.6 Å². The Kier molecular flexibility index (Phi) is 7.09. The van der Waals surface area contributed by atoms with Crippen LogP contribution in [0.4, 0.5) is 0 Å². The van der Waals surface area contributed by atoms with Crippen LogP contribution in [0.15, 0.2) is 0 Å². The maximum atomic E-state index is 6.00. The summed E-state index contributed by atoms with van der Waals surface area (Å²) in [6.07, 6.45) is 3.26. The minimum atomic E-state index is -0.0788. The standard InChI is InChI=1S/C9H19ClO/c1-4-7-11-9(10)8(5-2)6-3/h8-9H,4-7H2,1-3H3. The second kappa shape index (κ2) is 6.93. The Morgan fingerprint density at radius 3 is 2.09 bits per heavy atom. The molecule has 0 aliphatic rings. The predicted molar refractivity (Wildman–Crippen MR) is 50.0 cm³/mol. The lowest BCUT2D eigenvalue weighted by molar-refractivity contribution is 0.0654. The Labute approximate surface area is 75.1 Å². The predicted octanol–water partition coefficient (Wildman–Crippen LogP) is 3.41. The fourth-order valence-electron chi connectivity index (χ4n) is 1.03. The zero-order valence-electron chi connectivity index (χ0n) is 7.77. The Bertz CT molecular complexity index is 81.6. The van der Waals surface area contributed by atoms with E-state index < -0.39 is 0 Å². The molecular weight excluding hydrogens is 160 g/mol. The van der Waals surface area contributed by atoms with Crippen LogP contribution in [0.5, 0.6) is 0 Å². The second-order valence-corrected chi connectivity index (χ2v) is 3.23. The van der Waals surface area contributed by atoms with Crippen LogP contribution in [0.1, 0.15) is 40.0 Å². The summed E-state index contributed by atoms with van der Waals surface area (Å²) in [6.45, 7) is 7.18. The zero-order chi connectivity index (χ0) is 8.69. The Balaban J connectivity index is 3.51. The first-order valence-corrected chi connectivity index (χ1v) is 4.95. The summed E-state index contributed by atoms with van der Waals surface area (Å²) in [6, 6.07) is 0. The van der Waals surface area contributed by atoms with Gasteiger partial charge >= 0.3 is 0 Å². The summed E-state index contributed by atoms with van der Waals surface area (Å²) in [7, 11) is 0. The van der Waals surface area contributed by atoms with Crippen molar-refractivity contribution in [3.05, 3.63) is 0 Å². The van der Waals surface area contributed by atoms with E-state index in [1.165, 1.54) is 0 Å². The van der Waals surface area contributed by atoms with Crippen LogP contribution in [-0.2, 0) is 4.74 Å². The number of hydrogen-bond acceptors (Lipinski definition) is 1. The van der Waals surface area contributed by atoms with Crippen molar-refractivity contribution in [2.24, 2.45) is 5.92 Å². The van der Waals surface area contributed by atoms with Gasteiger partial charge in [-0.1, -0.05) is 32.4 Å². The molecule has 0 radical (unpaired) electrons. The molecule has 0 aliphatic carbocycles. The molecule has 0 amide bonds. The van der Waals surface area contributed by atoms with Crippen LogP contribution >= 0.6 is 11.6 Å². The van der Waals surface area contributed by atoms with E-state index in [1.54, 1.807) is 0 Å². The SMILES string of the molecule is CCCOC(Cl)C(CC)CC. The summed E-state index contributed by atoms with van der Waals surface area (Å²) < 4.78 is 5.40. The fraction of sp³-hybridized carbons (Fsp3) is 1.00. The van der Waals surface area contributed by atoms with Gasteiger partial charge in [0.2, 0.25) is 0 Å². The van der Waals surface area contributed by atoms with E-state index in [1.807, 2.05) is 0 Å². The quantitative estimate of drug-likeness (QED) is 0.567. The van der Waals surface area contributed by atoms with Gasteiger partial charge < -0.3 is 4.74 Å². The van der Waals surface area contributed by atoms with Gasteiger partial charge in [0.15, 0.2) is 0 Å². The van der Waals surface area contributed by atoms with Gasteiger partial charge in [-0.2, -0.15) is 0 Å². The lowest BCUT2D eigenvalue weighted by Crippen LogP contribution is -2.17. The van der Waals surface area contributed by atoms with Gasteiger partial charge in [-0.05, 0) is 25.2 Å². The lowest BCUT2D eigenvalue weighted by atomic mass is 10.1. The molecule has 0 fully saturated rings. The van der Waals surface area contributed by atoms with Crippen LogP contribution in [0.25, 0.3) is 0 Å². The molecule has 0 saturated heterocycles. The molecule has 0 aromatic heterocycles. The minimum Gasteiger partial charge on any atom is -0.362 e. The molecule has 0 heterocycles. The number of ether oxygens (including phenoxy) is 1. The van der Waals surface area contributed by atoms with Gasteiger partial charge in [-0.15, -0.1) is 0 Å². The van der Waals surface area contributed by atoms with Gasteiger partial charge in [0.1, 0.15) is 5.56 Å². The molecule has 11 heavy (non-hydrogen) atoms. The minimum absolute atomic E-state index is 0.0788. The van der Waals surface area contributed by atoms with Gasteiger partial charge in [0.05, 0.1) is 0 Å². The third kappa shape index (κ3) is 4.65. The van der Waals surface area contributed by atoms with Crippen molar-refractivity contribution in [1.82, 2.24) is 0 Å². The molecule has 0 aromatic rings. The van der Waals surface area contributed by atoms with Gasteiger partial charge in [0.25, 0.3) is 0 Å². The molecule has 0 bridgehead atoms. The van der Waals surface area contributed by atoms with E-state index >= 15 is 0 Å². The second-order valence-electron chi connectivity index (χ2n) is 2.80. The summed E-state index contributed by atoms with van der Waals surface area (Å²) in [5.41, 5.74) is -0.0788. The van der Waals surface area contributed by atoms with E-state index in [2.05, 4.69) is 20.8 Å². The van der Waals surface area contributed by atoms with Crippen molar-refractivity contribution in [2.45, 2.75) is 45.6 Å². The largest absolute Gasteiger partial charge is 0.362 e. The molecule has 1 nitrogen and oxygen atoms in total. The lowest BCUT2D eigenvalue weighted by Gasteiger charge is -2.18. The van der Waals surface area contributed by atoms with Crippen molar-refractivity contribution in [1.29, 1.82) is 0 Å². The van der Waals surface area contributed by atoms with Crippen LogP contribution in [-0.4, -0.2) is 12.2 Å². The molecule has 0 rings (SSSR count). The fourth-order valence-corrected chi connectivity index (χ4v) is 1.47. The average Bonchev–Trinajstić information content (AvgIpc) is 2.03. The molecule has 2 heteroatoms. The molecular formula is C9H19ClO. The Hall–Kier alpha value is 0.250. The van der Waals surface area contributed by atoms with Crippen molar-refractivity contribution < 1.29 is 4.74 Å². The van der Waals surface area contributed by atoms with Gasteiger partial charge in [-0.3, -0.25) is 0 Å². The van der Waals surface area contributed by atoms with Crippen LogP contribution in [0, 0.1) is 5.92 Å². The first-order valence-electron chi connectivity index (χ1n) is 4.51. The average molecular weight is 179 g/mol. The third-order valence-corrected chi connectivity index (χ3v) is 2.38. The summed E-state index contributed by atoms with van der Waals surface area (Å²) in [5, 5.41) is 0. The van der Waals surface area contributed by atoms with E-state index in [0.29, 0.717) is 5.92 Å². The summed E-state index contributed by atoms with van der Waals surface area (Å²) in [4.78, 5) is 0. The molecule has 0 spiro atoms. The monoisotopic (exact) mass is 178 g/mol. The number of rotatable bonds is 6. The molecule has 68 valence electrons. The molecule has 0 aliphatic heterocycles. The number of halogens is 1. The maximum Gasteiger partial charge on any atom is 0.133 e.